The second kappa shape index (κ2) is 4.31. The summed E-state index contributed by atoms with van der Waals surface area (Å²) in [6, 6.07) is 3.70. The smallest absolute Gasteiger partial charge is 0.338 e. The predicted molar refractivity (Wildman–Crippen MR) is 71.4 cm³/mol. The lowest BCUT2D eigenvalue weighted by Gasteiger charge is -2.09. The largest absolute Gasteiger partial charge is 0.465 e. The van der Waals surface area contributed by atoms with Gasteiger partial charge in [-0.2, -0.15) is 5.10 Å². The van der Waals surface area contributed by atoms with E-state index in [9.17, 15) is 4.79 Å². The molecule has 0 saturated carbocycles. The molecule has 0 spiro atoms. The molecule has 1 aliphatic rings. The van der Waals surface area contributed by atoms with Crippen LogP contribution in [0.15, 0.2) is 18.3 Å². The van der Waals surface area contributed by atoms with E-state index in [0.29, 0.717) is 17.1 Å². The molecule has 0 radical (unpaired) electrons. The Morgan fingerprint density at radius 1 is 1.37 bits per heavy atom. The Kier molecular flexibility index (Phi) is 2.75. The van der Waals surface area contributed by atoms with Gasteiger partial charge in [0.1, 0.15) is 0 Å². The molecule has 0 bridgehead atoms. The van der Waals surface area contributed by atoms with Crippen LogP contribution in [0.5, 0.6) is 0 Å². The van der Waals surface area contributed by atoms with Crippen molar-refractivity contribution < 1.29 is 9.53 Å². The fourth-order valence-corrected chi connectivity index (χ4v) is 2.73. The average molecular weight is 275 g/mol. The van der Waals surface area contributed by atoms with Crippen molar-refractivity contribution in [3.8, 4) is 11.1 Å². The number of halogens is 1. The minimum absolute atomic E-state index is 0.350. The molecule has 1 aliphatic carbocycles. The molecule has 0 N–H and O–H groups in total. The van der Waals surface area contributed by atoms with Gasteiger partial charge in [0.15, 0.2) is 5.15 Å². The van der Waals surface area contributed by atoms with E-state index >= 15 is 0 Å². The highest BCUT2D eigenvalue weighted by molar-refractivity contribution is 6.30. The van der Waals surface area contributed by atoms with Gasteiger partial charge < -0.3 is 4.74 Å². The van der Waals surface area contributed by atoms with Crippen molar-refractivity contribution in [3.63, 3.8) is 0 Å². The molecule has 0 atom stereocenters. The summed E-state index contributed by atoms with van der Waals surface area (Å²) in [7, 11) is 1.38. The first kappa shape index (κ1) is 12.1. The number of nitrogens with zero attached hydrogens (tertiary/aromatic N) is 2. The Labute approximate surface area is 115 Å². The van der Waals surface area contributed by atoms with Crippen LogP contribution in [0.2, 0.25) is 5.15 Å². The predicted octanol–water partition coefficient (Wildman–Crippen LogP) is 2.80. The van der Waals surface area contributed by atoms with Crippen LogP contribution < -0.4 is 0 Å². The van der Waals surface area contributed by atoms with Gasteiger partial charge in [0.2, 0.25) is 0 Å². The molecule has 0 aliphatic heterocycles. The fraction of sp³-hybridized carbons (Fsp3) is 0.214. The topological polar surface area (TPSA) is 52.1 Å². The molecule has 0 fully saturated rings. The maximum atomic E-state index is 11.9. The van der Waals surface area contributed by atoms with Gasteiger partial charge in [-0.15, -0.1) is 5.10 Å². The molecule has 5 heteroatoms. The Bertz CT molecular complexity index is 698. The van der Waals surface area contributed by atoms with E-state index in [-0.39, 0.29) is 5.97 Å². The first-order valence-corrected chi connectivity index (χ1v) is 6.22. The van der Waals surface area contributed by atoms with Crippen molar-refractivity contribution in [1.29, 1.82) is 0 Å². The monoisotopic (exact) mass is 274 g/mol. The quantitative estimate of drug-likeness (QED) is 0.640. The van der Waals surface area contributed by atoms with Crippen LogP contribution in [0.1, 0.15) is 27.0 Å². The van der Waals surface area contributed by atoms with Crippen LogP contribution >= 0.6 is 11.6 Å². The third-order valence-electron chi connectivity index (χ3n) is 3.48. The minimum Gasteiger partial charge on any atom is -0.465 e. The van der Waals surface area contributed by atoms with E-state index in [1.807, 2.05) is 13.0 Å². The summed E-state index contributed by atoms with van der Waals surface area (Å²) in [6.45, 7) is 2.01. The molecule has 4 nitrogen and oxygen atoms in total. The number of carbonyl (C=O) groups excluding carboxylic acids is 1. The molecular formula is C14H11ClN2O2. The van der Waals surface area contributed by atoms with Crippen molar-refractivity contribution in [3.05, 3.63) is 45.7 Å². The summed E-state index contributed by atoms with van der Waals surface area (Å²) in [5.41, 5.74) is 5.43. The third kappa shape index (κ3) is 1.71. The van der Waals surface area contributed by atoms with Crippen LogP contribution in [0.3, 0.4) is 0 Å². The lowest BCUT2D eigenvalue weighted by Crippen LogP contribution is -2.04. The summed E-state index contributed by atoms with van der Waals surface area (Å²) in [5, 5.41) is 8.13. The lowest BCUT2D eigenvalue weighted by molar-refractivity contribution is 0.0601. The molecule has 19 heavy (non-hydrogen) atoms. The van der Waals surface area contributed by atoms with E-state index in [4.69, 9.17) is 16.3 Å². The number of aromatic nitrogens is 2. The molecular weight excluding hydrogens is 264 g/mol. The van der Waals surface area contributed by atoms with Gasteiger partial charge in [-0.25, -0.2) is 4.79 Å². The molecule has 96 valence electrons. The average Bonchev–Trinajstić information content (AvgIpc) is 2.81. The number of ether oxygens (including phenoxy) is 1. The van der Waals surface area contributed by atoms with Gasteiger partial charge in [0, 0.05) is 23.1 Å². The molecule has 0 saturated heterocycles. The first-order chi connectivity index (χ1) is 9.13. The van der Waals surface area contributed by atoms with Gasteiger partial charge >= 0.3 is 5.97 Å². The summed E-state index contributed by atoms with van der Waals surface area (Å²) >= 11 is 6.09. The third-order valence-corrected chi connectivity index (χ3v) is 3.79. The minimum atomic E-state index is -0.350. The molecule has 0 amide bonds. The highest BCUT2D eigenvalue weighted by atomic mass is 35.5. The van der Waals surface area contributed by atoms with E-state index < -0.39 is 0 Å². The number of methoxy groups -OCH3 is 1. The maximum absolute atomic E-state index is 11.9. The highest BCUT2D eigenvalue weighted by Gasteiger charge is 2.28. The lowest BCUT2D eigenvalue weighted by atomic mass is 9.97. The second-order valence-corrected chi connectivity index (χ2v) is 4.84. The zero-order chi connectivity index (χ0) is 13.6. The van der Waals surface area contributed by atoms with Crippen LogP contribution in [-0.2, 0) is 11.2 Å². The fourth-order valence-electron chi connectivity index (χ4n) is 2.51. The van der Waals surface area contributed by atoms with Crippen molar-refractivity contribution in [2.24, 2.45) is 0 Å². The number of hydrogen-bond donors (Lipinski definition) is 0. The molecule has 2 aromatic rings. The SMILES string of the molecule is COC(=O)c1ccc(C)c2c1-c1cnnc(Cl)c1C2. The Morgan fingerprint density at radius 2 is 2.16 bits per heavy atom. The van der Waals surface area contributed by atoms with Crippen LogP contribution in [0.4, 0.5) is 0 Å². The number of aryl methyl sites for hydroxylation is 1. The highest BCUT2D eigenvalue weighted by Crippen LogP contribution is 2.42. The summed E-state index contributed by atoms with van der Waals surface area (Å²) in [6.07, 6.45) is 2.33. The summed E-state index contributed by atoms with van der Waals surface area (Å²) in [4.78, 5) is 11.9. The normalized spacial score (nSPS) is 11.9. The number of fused-ring (bicyclic) bond motifs is 3. The van der Waals surface area contributed by atoms with Crippen LogP contribution in [0, 0.1) is 6.92 Å². The summed E-state index contributed by atoms with van der Waals surface area (Å²) in [5.74, 6) is -0.350. The molecule has 0 unspecified atom stereocenters. The number of benzene rings is 1. The number of rotatable bonds is 1. The zero-order valence-corrected chi connectivity index (χ0v) is 11.3. The van der Waals surface area contributed by atoms with Gasteiger partial charge in [-0.1, -0.05) is 17.7 Å². The zero-order valence-electron chi connectivity index (χ0n) is 10.5. The summed E-state index contributed by atoms with van der Waals surface area (Å²) < 4.78 is 4.84. The molecule has 1 aromatic heterocycles. The Balaban J connectivity index is 2.33. The van der Waals surface area contributed by atoms with Crippen LogP contribution in [-0.4, -0.2) is 23.3 Å². The Morgan fingerprint density at radius 3 is 2.89 bits per heavy atom. The molecule has 1 heterocycles. The second-order valence-electron chi connectivity index (χ2n) is 4.48. The standard InChI is InChI=1S/C14H11ClN2O2/c1-7-3-4-8(14(18)19-2)12-9(7)5-10-11(12)6-16-17-13(10)15/h3-4,6H,5H2,1-2H3. The first-order valence-electron chi connectivity index (χ1n) is 5.84. The molecule has 1 aromatic carbocycles. The van der Waals surface area contributed by atoms with Gasteiger partial charge in [-0.05, 0) is 24.1 Å². The van der Waals surface area contributed by atoms with E-state index in [2.05, 4.69) is 10.2 Å². The number of carbonyl (C=O) groups is 1. The number of esters is 1. The van der Waals surface area contributed by atoms with Gasteiger partial charge in [0.25, 0.3) is 0 Å². The van der Waals surface area contributed by atoms with Crippen molar-refractivity contribution in [2.75, 3.05) is 7.11 Å². The van der Waals surface area contributed by atoms with E-state index in [0.717, 1.165) is 27.8 Å². The Hall–Kier alpha value is -1.94. The molecule has 3 rings (SSSR count). The van der Waals surface area contributed by atoms with Gasteiger partial charge in [0.05, 0.1) is 18.9 Å². The van der Waals surface area contributed by atoms with Crippen molar-refractivity contribution >= 4 is 17.6 Å². The van der Waals surface area contributed by atoms with Gasteiger partial charge in [-0.3, -0.25) is 0 Å². The van der Waals surface area contributed by atoms with E-state index in [1.54, 1.807) is 12.3 Å². The van der Waals surface area contributed by atoms with Crippen molar-refractivity contribution in [2.45, 2.75) is 13.3 Å². The number of hydrogen-bond acceptors (Lipinski definition) is 4. The maximum Gasteiger partial charge on any atom is 0.338 e. The van der Waals surface area contributed by atoms with E-state index in [1.165, 1.54) is 7.11 Å². The van der Waals surface area contributed by atoms with Crippen molar-refractivity contribution in [1.82, 2.24) is 10.2 Å². The van der Waals surface area contributed by atoms with Crippen LogP contribution in [0.25, 0.3) is 11.1 Å².